The first-order chi connectivity index (χ1) is 16.1. The van der Waals surface area contributed by atoms with Crippen LogP contribution in [0, 0.1) is 13.8 Å². The molecular formula is C28H29N3OS. The molecule has 1 amide bonds. The molecule has 0 spiro atoms. The largest absolute Gasteiger partial charge is 0.361 e. The minimum Gasteiger partial charge on any atom is -0.361 e. The number of rotatable bonds is 4. The standard InChI is InChI=1S/C28H29N3OS/c1-18-10-9-14-23(19(18)2)31-27(32)26-22-12-5-3-4-6-15-25(22)33-28(26)30-17-20-16-29-24-13-8-7-11-21(20)24/h7-11,13-14,16-17,29H,3-6,12,15H2,1-2H3,(H,31,32). The van der Waals surface area contributed by atoms with Crippen LogP contribution in [0.3, 0.4) is 0 Å². The van der Waals surface area contributed by atoms with Gasteiger partial charge in [0.15, 0.2) is 0 Å². The van der Waals surface area contributed by atoms with Gasteiger partial charge >= 0.3 is 0 Å². The molecule has 2 aromatic carbocycles. The summed E-state index contributed by atoms with van der Waals surface area (Å²) in [7, 11) is 0. The van der Waals surface area contributed by atoms with Crippen molar-refractivity contribution in [2.24, 2.45) is 4.99 Å². The quantitative estimate of drug-likeness (QED) is 0.307. The molecule has 0 unspecified atom stereocenters. The highest BCUT2D eigenvalue weighted by atomic mass is 32.1. The van der Waals surface area contributed by atoms with Crippen LogP contribution in [0.15, 0.2) is 53.7 Å². The highest BCUT2D eigenvalue weighted by Crippen LogP contribution is 2.39. The Balaban J connectivity index is 1.55. The lowest BCUT2D eigenvalue weighted by atomic mass is 9.96. The van der Waals surface area contributed by atoms with Gasteiger partial charge in [-0.15, -0.1) is 11.3 Å². The fourth-order valence-electron chi connectivity index (χ4n) is 4.63. The van der Waals surface area contributed by atoms with Crippen molar-refractivity contribution in [3.63, 3.8) is 0 Å². The fraction of sp³-hybridized carbons (Fsp3) is 0.286. The first kappa shape index (κ1) is 21.7. The van der Waals surface area contributed by atoms with Crippen molar-refractivity contribution in [3.05, 3.63) is 81.4 Å². The second kappa shape index (κ2) is 9.36. The third-order valence-corrected chi connectivity index (χ3v) is 7.87. The summed E-state index contributed by atoms with van der Waals surface area (Å²) >= 11 is 1.69. The molecule has 2 N–H and O–H groups in total. The van der Waals surface area contributed by atoms with Crippen molar-refractivity contribution in [1.82, 2.24) is 4.98 Å². The second-order valence-electron chi connectivity index (χ2n) is 8.85. The molecule has 0 atom stereocenters. The molecule has 0 radical (unpaired) electrons. The van der Waals surface area contributed by atoms with Crippen molar-refractivity contribution in [2.75, 3.05) is 5.32 Å². The Hall–Kier alpha value is -3.18. The van der Waals surface area contributed by atoms with E-state index in [1.165, 1.54) is 35.3 Å². The van der Waals surface area contributed by atoms with Crippen LogP contribution in [0.1, 0.15) is 63.2 Å². The number of nitrogens with zero attached hydrogens (tertiary/aromatic N) is 1. The summed E-state index contributed by atoms with van der Waals surface area (Å²) in [5, 5.41) is 5.14. The number of carbonyl (C=O) groups excluding carboxylic acids is 1. The average molecular weight is 456 g/mol. The van der Waals surface area contributed by atoms with Gasteiger partial charge in [0.05, 0.1) is 5.56 Å². The van der Waals surface area contributed by atoms with Crippen molar-refractivity contribution in [3.8, 4) is 0 Å². The van der Waals surface area contributed by atoms with E-state index in [1.54, 1.807) is 11.3 Å². The molecule has 0 fully saturated rings. The molecule has 4 nitrogen and oxygen atoms in total. The number of para-hydroxylation sites is 1. The number of anilines is 1. The smallest absolute Gasteiger partial charge is 0.259 e. The van der Waals surface area contributed by atoms with E-state index in [4.69, 9.17) is 4.99 Å². The van der Waals surface area contributed by atoms with Crippen LogP contribution in [0.4, 0.5) is 10.7 Å². The zero-order chi connectivity index (χ0) is 22.8. The van der Waals surface area contributed by atoms with E-state index in [0.717, 1.165) is 57.5 Å². The number of hydrogen-bond donors (Lipinski definition) is 2. The van der Waals surface area contributed by atoms with Crippen LogP contribution in [0.5, 0.6) is 0 Å². The van der Waals surface area contributed by atoms with Gasteiger partial charge in [-0.3, -0.25) is 4.79 Å². The lowest BCUT2D eigenvalue weighted by molar-refractivity contribution is 0.102. The van der Waals surface area contributed by atoms with E-state index in [2.05, 4.69) is 42.3 Å². The van der Waals surface area contributed by atoms with Gasteiger partial charge in [-0.25, -0.2) is 4.99 Å². The lowest BCUT2D eigenvalue weighted by Crippen LogP contribution is -2.15. The van der Waals surface area contributed by atoms with Crippen LogP contribution in [-0.2, 0) is 12.8 Å². The van der Waals surface area contributed by atoms with E-state index in [1.807, 2.05) is 36.7 Å². The number of nitrogens with one attached hydrogen (secondary N) is 2. The predicted octanol–water partition coefficient (Wildman–Crippen LogP) is 7.51. The van der Waals surface area contributed by atoms with Crippen molar-refractivity contribution in [2.45, 2.75) is 52.4 Å². The number of thiophene rings is 1. The molecule has 33 heavy (non-hydrogen) atoms. The number of amides is 1. The summed E-state index contributed by atoms with van der Waals surface area (Å²) in [6.45, 7) is 4.13. The molecule has 2 aromatic heterocycles. The molecular weight excluding hydrogens is 426 g/mol. The van der Waals surface area contributed by atoms with Gasteiger partial charge in [0.25, 0.3) is 5.91 Å². The summed E-state index contributed by atoms with van der Waals surface area (Å²) in [6, 6.07) is 14.3. The summed E-state index contributed by atoms with van der Waals surface area (Å²) in [6.07, 6.45) is 10.6. The van der Waals surface area contributed by atoms with Crippen molar-refractivity contribution in [1.29, 1.82) is 0 Å². The number of aromatic nitrogens is 1. The molecule has 1 aliphatic rings. The number of aryl methyl sites for hydroxylation is 2. The predicted molar refractivity (Wildman–Crippen MR) is 140 cm³/mol. The van der Waals surface area contributed by atoms with Crippen LogP contribution in [0.2, 0.25) is 0 Å². The fourth-order valence-corrected chi connectivity index (χ4v) is 5.86. The Morgan fingerprint density at radius 1 is 1.03 bits per heavy atom. The minimum absolute atomic E-state index is 0.0483. The van der Waals surface area contributed by atoms with Crippen LogP contribution >= 0.6 is 11.3 Å². The summed E-state index contributed by atoms with van der Waals surface area (Å²) < 4.78 is 0. The maximum absolute atomic E-state index is 13.6. The summed E-state index contributed by atoms with van der Waals surface area (Å²) in [5.74, 6) is -0.0483. The third-order valence-electron chi connectivity index (χ3n) is 6.67. The van der Waals surface area contributed by atoms with Gasteiger partial charge in [0.1, 0.15) is 5.00 Å². The van der Waals surface area contributed by atoms with E-state index in [9.17, 15) is 4.79 Å². The normalized spacial score (nSPS) is 14.2. The van der Waals surface area contributed by atoms with Crippen LogP contribution in [0.25, 0.3) is 10.9 Å². The summed E-state index contributed by atoms with van der Waals surface area (Å²) in [5.41, 5.74) is 7.23. The van der Waals surface area contributed by atoms with E-state index >= 15 is 0 Å². The van der Waals surface area contributed by atoms with E-state index in [-0.39, 0.29) is 5.91 Å². The number of carbonyl (C=O) groups is 1. The number of aliphatic imine (C=N–C) groups is 1. The highest BCUT2D eigenvalue weighted by Gasteiger charge is 2.24. The van der Waals surface area contributed by atoms with E-state index < -0.39 is 0 Å². The molecule has 0 bridgehead atoms. The third kappa shape index (κ3) is 4.38. The molecule has 1 aliphatic carbocycles. The molecule has 0 saturated heterocycles. The van der Waals surface area contributed by atoms with Gasteiger partial charge in [0, 0.05) is 39.4 Å². The molecule has 5 heteroatoms. The zero-order valence-corrected chi connectivity index (χ0v) is 20.0. The van der Waals surface area contributed by atoms with Crippen molar-refractivity contribution < 1.29 is 4.79 Å². The van der Waals surface area contributed by atoms with Gasteiger partial charge in [0.2, 0.25) is 0 Å². The molecule has 0 saturated carbocycles. The Morgan fingerprint density at radius 2 is 1.85 bits per heavy atom. The Kier molecular flexibility index (Phi) is 6.14. The Labute approximate surface area is 198 Å². The Morgan fingerprint density at radius 3 is 2.73 bits per heavy atom. The maximum atomic E-state index is 13.6. The first-order valence-corrected chi connectivity index (χ1v) is 12.6. The van der Waals surface area contributed by atoms with Gasteiger partial charge in [-0.1, -0.05) is 43.2 Å². The van der Waals surface area contributed by atoms with Crippen LogP contribution in [-0.4, -0.2) is 17.1 Å². The lowest BCUT2D eigenvalue weighted by Gasteiger charge is -2.13. The van der Waals surface area contributed by atoms with Crippen LogP contribution < -0.4 is 5.32 Å². The molecule has 2 heterocycles. The number of benzene rings is 2. The molecule has 4 aromatic rings. The molecule has 5 rings (SSSR count). The Bertz CT molecular complexity index is 1340. The second-order valence-corrected chi connectivity index (χ2v) is 9.93. The topological polar surface area (TPSA) is 57.2 Å². The number of hydrogen-bond acceptors (Lipinski definition) is 3. The first-order valence-electron chi connectivity index (χ1n) is 11.7. The van der Waals surface area contributed by atoms with Crippen molar-refractivity contribution >= 4 is 45.0 Å². The summed E-state index contributed by atoms with van der Waals surface area (Å²) in [4.78, 5) is 23.1. The van der Waals surface area contributed by atoms with Gasteiger partial charge in [-0.2, -0.15) is 0 Å². The number of fused-ring (bicyclic) bond motifs is 2. The van der Waals surface area contributed by atoms with E-state index in [0.29, 0.717) is 0 Å². The molecule has 168 valence electrons. The number of H-pyrrole nitrogens is 1. The van der Waals surface area contributed by atoms with Gasteiger partial charge < -0.3 is 10.3 Å². The number of aromatic amines is 1. The minimum atomic E-state index is -0.0483. The average Bonchev–Trinajstić information content (AvgIpc) is 3.36. The SMILES string of the molecule is Cc1cccc(NC(=O)c2c(N=Cc3c[nH]c4ccccc34)sc3c2CCCCCC3)c1C. The monoisotopic (exact) mass is 455 g/mol. The molecule has 0 aliphatic heterocycles. The zero-order valence-electron chi connectivity index (χ0n) is 19.2. The highest BCUT2D eigenvalue weighted by molar-refractivity contribution is 7.16. The maximum Gasteiger partial charge on any atom is 0.259 e. The van der Waals surface area contributed by atoms with Gasteiger partial charge in [-0.05, 0) is 68.4 Å².